The number of rotatable bonds is 9. The van der Waals surface area contributed by atoms with Crippen molar-refractivity contribution >= 4 is 17.6 Å². The van der Waals surface area contributed by atoms with Crippen molar-refractivity contribution in [2.24, 2.45) is 10.7 Å². The molecule has 178 valence electrons. The topological polar surface area (TPSA) is 91.9 Å². The van der Waals surface area contributed by atoms with Crippen LogP contribution in [0.15, 0.2) is 66.1 Å². The molecule has 1 aromatic carbocycles. The zero-order chi connectivity index (χ0) is 25.0. The summed E-state index contributed by atoms with van der Waals surface area (Å²) in [4.78, 5) is 36.4. The van der Waals surface area contributed by atoms with Crippen molar-refractivity contribution in [2.75, 3.05) is 20.3 Å². The molecule has 34 heavy (non-hydrogen) atoms. The van der Waals surface area contributed by atoms with Crippen molar-refractivity contribution in [3.63, 3.8) is 0 Å². The first kappa shape index (κ1) is 24.7. The molecule has 1 aliphatic rings. The molecule has 1 amide bonds. The Balaban J connectivity index is 2.29. The predicted molar refractivity (Wildman–Crippen MR) is 122 cm³/mol. The number of guanidine groups is 1. The van der Waals surface area contributed by atoms with E-state index in [9.17, 15) is 22.8 Å². The Morgan fingerprint density at radius 1 is 1.32 bits per heavy atom. The van der Waals surface area contributed by atoms with Gasteiger partial charge in [-0.2, -0.15) is 4.39 Å². The molecular formula is C24H24F3N5O2. The zero-order valence-electron chi connectivity index (χ0n) is 18.8. The number of nitrogens with zero attached hydrogens (tertiary/aromatic N) is 4. The molecular weight excluding hydrogens is 447 g/mol. The molecule has 0 unspecified atom stereocenters. The third-order valence-corrected chi connectivity index (χ3v) is 5.49. The lowest BCUT2D eigenvalue weighted by Crippen LogP contribution is -2.40. The highest BCUT2D eigenvalue weighted by molar-refractivity contribution is 6.09. The van der Waals surface area contributed by atoms with Crippen LogP contribution in [0.4, 0.5) is 13.2 Å². The summed E-state index contributed by atoms with van der Waals surface area (Å²) in [6.45, 7) is 4.32. The number of pyridine rings is 1. The van der Waals surface area contributed by atoms with Gasteiger partial charge in [0.1, 0.15) is 12.5 Å². The number of aliphatic imine (C=N–C) groups is 1. The summed E-state index contributed by atoms with van der Waals surface area (Å²) in [5.74, 6) is -2.70. The third kappa shape index (κ3) is 4.43. The molecule has 1 aromatic heterocycles. The summed E-state index contributed by atoms with van der Waals surface area (Å²) in [6, 6.07) is 7.05. The van der Waals surface area contributed by atoms with E-state index in [0.717, 1.165) is 17.2 Å². The van der Waals surface area contributed by atoms with Gasteiger partial charge in [-0.3, -0.25) is 14.5 Å². The van der Waals surface area contributed by atoms with Crippen LogP contribution < -0.4 is 5.73 Å². The molecule has 2 heterocycles. The maximum Gasteiger partial charge on any atom is 0.265 e. The first-order chi connectivity index (χ1) is 16.2. The molecule has 7 nitrogen and oxygen atoms in total. The van der Waals surface area contributed by atoms with Crippen molar-refractivity contribution < 1.29 is 22.8 Å². The van der Waals surface area contributed by atoms with Crippen LogP contribution in [0.25, 0.3) is 11.1 Å². The molecule has 3 rings (SSSR count). The molecule has 1 atom stereocenters. The average Bonchev–Trinajstić information content (AvgIpc) is 3.06. The SMILES string of the molecule is C=CN(CCF)/C(=C\[C@@]1(c2cccc(-c3cc(F)cnc3F)c2)N=C(N)N(C)C1=O)C(=O)CC. The summed E-state index contributed by atoms with van der Waals surface area (Å²) < 4.78 is 41.3. The fourth-order valence-electron chi connectivity index (χ4n) is 3.68. The van der Waals surface area contributed by atoms with Gasteiger partial charge in [-0.25, -0.2) is 18.8 Å². The van der Waals surface area contributed by atoms with Gasteiger partial charge in [0.25, 0.3) is 5.91 Å². The van der Waals surface area contributed by atoms with Crippen LogP contribution >= 0.6 is 0 Å². The van der Waals surface area contributed by atoms with Gasteiger partial charge >= 0.3 is 0 Å². The van der Waals surface area contributed by atoms with Crippen LogP contribution in [0.1, 0.15) is 18.9 Å². The van der Waals surface area contributed by atoms with Crippen molar-refractivity contribution in [1.82, 2.24) is 14.8 Å². The lowest BCUT2D eigenvalue weighted by Gasteiger charge is -2.27. The standard InChI is InChI=1S/C24H24F3N5O2/c1-4-20(33)19(32(5-2)10-9-25)13-24(22(34)31(3)23(28)30-24)16-8-6-7-15(11-16)18-12-17(26)14-29-21(18)27/h5-8,11-14H,2,4,9-10H2,1,3H3,(H2,28,30)/b19-13-/t24-/m0/s1. The van der Waals surface area contributed by atoms with Gasteiger partial charge in [0.2, 0.25) is 5.95 Å². The second kappa shape index (κ2) is 9.90. The Morgan fingerprint density at radius 3 is 2.65 bits per heavy atom. The number of aromatic nitrogens is 1. The summed E-state index contributed by atoms with van der Waals surface area (Å²) in [5, 5.41) is 0. The number of hydrogen-bond donors (Lipinski definition) is 1. The highest BCUT2D eigenvalue weighted by Gasteiger charge is 2.47. The Bertz CT molecular complexity index is 1200. The highest BCUT2D eigenvalue weighted by atomic mass is 19.1. The van der Waals surface area contributed by atoms with Crippen molar-refractivity contribution in [2.45, 2.75) is 18.9 Å². The van der Waals surface area contributed by atoms with E-state index in [-0.39, 0.29) is 47.1 Å². The van der Waals surface area contributed by atoms with Crippen LogP contribution in [-0.2, 0) is 15.1 Å². The minimum absolute atomic E-state index is 0.0133. The lowest BCUT2D eigenvalue weighted by atomic mass is 9.86. The Kier molecular flexibility index (Phi) is 7.19. The van der Waals surface area contributed by atoms with Gasteiger partial charge in [0.05, 0.1) is 18.4 Å². The van der Waals surface area contributed by atoms with E-state index in [4.69, 9.17) is 5.73 Å². The van der Waals surface area contributed by atoms with Crippen LogP contribution in [0.3, 0.4) is 0 Å². The molecule has 0 bridgehead atoms. The fraction of sp³-hybridized carbons (Fsp3) is 0.250. The van der Waals surface area contributed by atoms with Gasteiger partial charge < -0.3 is 10.6 Å². The Hall–Kier alpha value is -3.95. The van der Waals surface area contributed by atoms with E-state index >= 15 is 0 Å². The maximum absolute atomic E-state index is 14.3. The second-order valence-corrected chi connectivity index (χ2v) is 7.54. The number of amides is 1. The van der Waals surface area contributed by atoms with Crippen LogP contribution in [0.2, 0.25) is 0 Å². The van der Waals surface area contributed by atoms with E-state index < -0.39 is 29.9 Å². The molecule has 0 saturated heterocycles. The number of halogens is 3. The molecule has 2 N–H and O–H groups in total. The van der Waals surface area contributed by atoms with E-state index in [2.05, 4.69) is 16.6 Å². The van der Waals surface area contributed by atoms with Crippen molar-refractivity contribution in [3.8, 4) is 11.1 Å². The minimum atomic E-state index is -1.80. The average molecular weight is 471 g/mol. The van der Waals surface area contributed by atoms with Crippen LogP contribution in [0, 0.1) is 11.8 Å². The third-order valence-electron chi connectivity index (χ3n) is 5.49. The molecule has 0 radical (unpaired) electrons. The normalized spacial score (nSPS) is 18.1. The van der Waals surface area contributed by atoms with Gasteiger partial charge in [-0.05, 0) is 35.5 Å². The number of carbonyl (C=O) groups excluding carboxylic acids is 2. The van der Waals surface area contributed by atoms with Gasteiger partial charge in [0, 0.05) is 19.0 Å². The largest absolute Gasteiger partial charge is 0.369 e. The van der Waals surface area contributed by atoms with E-state index in [1.54, 1.807) is 13.0 Å². The maximum atomic E-state index is 14.3. The van der Waals surface area contributed by atoms with Crippen LogP contribution in [0.5, 0.6) is 0 Å². The minimum Gasteiger partial charge on any atom is -0.369 e. The molecule has 0 saturated carbocycles. The van der Waals surface area contributed by atoms with Crippen molar-refractivity contribution in [3.05, 3.63) is 78.4 Å². The zero-order valence-corrected chi connectivity index (χ0v) is 18.8. The lowest BCUT2D eigenvalue weighted by molar-refractivity contribution is -0.129. The predicted octanol–water partition coefficient (Wildman–Crippen LogP) is 3.29. The number of benzene rings is 1. The summed E-state index contributed by atoms with van der Waals surface area (Å²) in [5.41, 5.74) is 4.53. The molecule has 2 aromatic rings. The summed E-state index contributed by atoms with van der Waals surface area (Å²) >= 11 is 0. The number of carbonyl (C=O) groups is 2. The highest BCUT2D eigenvalue weighted by Crippen LogP contribution is 2.38. The quantitative estimate of drug-likeness (QED) is 0.448. The number of ketones is 1. The second-order valence-electron chi connectivity index (χ2n) is 7.54. The monoisotopic (exact) mass is 471 g/mol. The van der Waals surface area contributed by atoms with Crippen LogP contribution in [-0.4, -0.2) is 52.7 Å². The van der Waals surface area contributed by atoms with Gasteiger partial charge in [-0.1, -0.05) is 31.7 Å². The number of likely N-dealkylation sites (N-methyl/N-ethyl adjacent to an activating group) is 1. The van der Waals surface area contributed by atoms with E-state index in [0.29, 0.717) is 0 Å². The molecule has 0 spiro atoms. The summed E-state index contributed by atoms with van der Waals surface area (Å²) in [7, 11) is 1.42. The fourth-order valence-corrected chi connectivity index (χ4v) is 3.68. The van der Waals surface area contributed by atoms with E-state index in [1.807, 2.05) is 0 Å². The van der Waals surface area contributed by atoms with Gasteiger partial charge in [-0.15, -0.1) is 0 Å². The molecule has 0 aliphatic carbocycles. The number of Topliss-reactive ketones (excluding diaryl/α,β-unsaturated/α-hetero) is 1. The first-order valence-corrected chi connectivity index (χ1v) is 10.4. The molecule has 0 fully saturated rings. The first-order valence-electron chi connectivity index (χ1n) is 10.4. The Morgan fingerprint density at radius 2 is 2.06 bits per heavy atom. The van der Waals surface area contributed by atoms with E-state index in [1.165, 1.54) is 42.4 Å². The van der Waals surface area contributed by atoms with Crippen molar-refractivity contribution in [1.29, 1.82) is 0 Å². The number of alkyl halides is 1. The Labute approximate surface area is 195 Å². The number of allylic oxidation sites excluding steroid dienone is 1. The van der Waals surface area contributed by atoms with Gasteiger partial charge in [0.15, 0.2) is 17.3 Å². The molecule has 1 aliphatic heterocycles. The smallest absolute Gasteiger partial charge is 0.265 e. The number of hydrogen-bond acceptors (Lipinski definition) is 6. The molecule has 10 heteroatoms. The summed E-state index contributed by atoms with van der Waals surface area (Å²) in [6.07, 6.45) is 3.42. The number of nitrogens with two attached hydrogens (primary N) is 1.